The first kappa shape index (κ1) is 42.4. The molecule has 0 saturated carbocycles. The highest BCUT2D eigenvalue weighted by molar-refractivity contribution is 5.96. The number of nitrogens with zero attached hydrogens (tertiary/aromatic N) is 5. The SMILES string of the molecule is FC1CCCN(c2ccc3nc(-c4n[nH]c5ccc(Oc6ccccc6)cc45)[nH]c3c2)C1.Nc1ccc(N2CCCC(F)C2)cc1N.O=Cc1[nH]nc2ccc(Oc3ccccc3)cc12. The first-order valence-corrected chi connectivity index (χ1v) is 21.6. The van der Waals surface area contributed by atoms with E-state index in [1.54, 1.807) is 12.1 Å². The lowest BCUT2D eigenvalue weighted by Gasteiger charge is -2.31. The molecule has 2 fully saturated rings. The monoisotopic (exact) mass is 874 g/mol. The molecule has 9 aromatic rings. The maximum absolute atomic E-state index is 13.9. The highest BCUT2D eigenvalue weighted by Crippen LogP contribution is 2.33. The summed E-state index contributed by atoms with van der Waals surface area (Å²) in [6.07, 6.45) is 2.35. The van der Waals surface area contributed by atoms with Crippen LogP contribution in [-0.2, 0) is 0 Å². The molecule has 0 spiro atoms. The number of ether oxygens (including phenoxy) is 2. The van der Waals surface area contributed by atoms with Crippen molar-refractivity contribution in [3.63, 3.8) is 0 Å². The Kier molecular flexibility index (Phi) is 12.5. The Morgan fingerprint density at radius 2 is 1.20 bits per heavy atom. The van der Waals surface area contributed by atoms with Gasteiger partial charge in [0.25, 0.3) is 0 Å². The molecule has 0 aliphatic carbocycles. The maximum atomic E-state index is 13.9. The van der Waals surface area contributed by atoms with Gasteiger partial charge in [0.15, 0.2) is 12.1 Å². The Bertz CT molecular complexity index is 3030. The van der Waals surface area contributed by atoms with Gasteiger partial charge in [0.1, 0.15) is 46.7 Å². The van der Waals surface area contributed by atoms with E-state index < -0.39 is 12.3 Å². The molecule has 15 heteroatoms. The lowest BCUT2D eigenvalue weighted by molar-refractivity contribution is 0.112. The third-order valence-electron chi connectivity index (χ3n) is 11.4. The van der Waals surface area contributed by atoms with Crippen LogP contribution in [-0.4, -0.2) is 75.2 Å². The number of nitrogen functional groups attached to an aromatic ring is 2. The molecule has 0 amide bonds. The summed E-state index contributed by atoms with van der Waals surface area (Å²) in [7, 11) is 0. The Labute approximate surface area is 373 Å². The largest absolute Gasteiger partial charge is 0.457 e. The average molecular weight is 875 g/mol. The number of para-hydroxylation sites is 2. The van der Waals surface area contributed by atoms with Crippen LogP contribution >= 0.6 is 0 Å². The van der Waals surface area contributed by atoms with Crippen LogP contribution in [0.15, 0.2) is 133 Å². The number of piperidine rings is 2. The third kappa shape index (κ3) is 9.99. The minimum atomic E-state index is -0.764. The quantitative estimate of drug-likeness (QED) is 0.0728. The summed E-state index contributed by atoms with van der Waals surface area (Å²) >= 11 is 0. The zero-order chi connectivity index (χ0) is 44.7. The number of hydrogen-bond acceptors (Lipinski definition) is 10. The van der Waals surface area contributed by atoms with Gasteiger partial charge < -0.3 is 35.7 Å². The molecule has 11 rings (SSSR count). The molecule has 330 valence electrons. The summed E-state index contributed by atoms with van der Waals surface area (Å²) in [5.74, 6) is 3.63. The number of aromatic nitrogens is 6. The summed E-state index contributed by atoms with van der Waals surface area (Å²) in [6.45, 7) is 2.68. The number of anilines is 4. The second kappa shape index (κ2) is 19.2. The molecular weight excluding hydrogens is 827 g/mol. The van der Waals surface area contributed by atoms with Crippen molar-refractivity contribution in [3.8, 4) is 34.5 Å². The van der Waals surface area contributed by atoms with Crippen molar-refractivity contribution in [1.82, 2.24) is 30.4 Å². The first-order valence-electron chi connectivity index (χ1n) is 21.6. The number of halogens is 2. The van der Waals surface area contributed by atoms with Gasteiger partial charge in [-0.25, -0.2) is 13.8 Å². The van der Waals surface area contributed by atoms with Crippen molar-refractivity contribution >= 4 is 61.9 Å². The molecule has 2 unspecified atom stereocenters. The zero-order valence-corrected chi connectivity index (χ0v) is 35.5. The van der Waals surface area contributed by atoms with E-state index in [1.807, 2.05) is 126 Å². The van der Waals surface area contributed by atoms with Crippen LogP contribution in [0.2, 0.25) is 0 Å². The summed E-state index contributed by atoms with van der Waals surface area (Å²) in [4.78, 5) is 23.1. The van der Waals surface area contributed by atoms with Crippen molar-refractivity contribution in [2.45, 2.75) is 38.0 Å². The number of nitrogens with one attached hydrogen (secondary N) is 3. The highest BCUT2D eigenvalue weighted by Gasteiger charge is 2.22. The summed E-state index contributed by atoms with van der Waals surface area (Å²) in [5.41, 5.74) is 19.1. The number of H-pyrrole nitrogens is 3. The van der Waals surface area contributed by atoms with Gasteiger partial charge in [-0.2, -0.15) is 10.2 Å². The van der Waals surface area contributed by atoms with Crippen molar-refractivity contribution in [2.75, 3.05) is 47.4 Å². The van der Waals surface area contributed by atoms with E-state index in [2.05, 4.69) is 30.3 Å². The molecule has 65 heavy (non-hydrogen) atoms. The van der Waals surface area contributed by atoms with Gasteiger partial charge in [0, 0.05) is 48.3 Å². The number of fused-ring (bicyclic) bond motifs is 3. The number of alkyl halides is 2. The number of carbonyl (C=O) groups excluding carboxylic acids is 1. The number of hydrogen-bond donors (Lipinski definition) is 5. The molecule has 2 aliphatic rings. The van der Waals surface area contributed by atoms with E-state index in [0.717, 1.165) is 99.4 Å². The molecule has 0 bridgehead atoms. The van der Waals surface area contributed by atoms with Gasteiger partial charge in [-0.05, 0) is 123 Å². The topological polar surface area (TPSA) is 180 Å². The normalized spacial score (nSPS) is 16.1. The van der Waals surface area contributed by atoms with E-state index in [-0.39, 0.29) is 0 Å². The van der Waals surface area contributed by atoms with Crippen molar-refractivity contribution in [2.24, 2.45) is 0 Å². The van der Waals surface area contributed by atoms with Gasteiger partial charge in [-0.15, -0.1) is 0 Å². The molecule has 13 nitrogen and oxygen atoms in total. The van der Waals surface area contributed by atoms with Crippen molar-refractivity contribution < 1.29 is 23.0 Å². The predicted octanol–water partition coefficient (Wildman–Crippen LogP) is 10.8. The number of benzene rings is 6. The predicted molar refractivity (Wildman–Crippen MR) is 254 cm³/mol. The molecule has 7 N–H and O–H groups in total. The maximum Gasteiger partial charge on any atom is 0.168 e. The van der Waals surface area contributed by atoms with Crippen LogP contribution in [0.5, 0.6) is 23.0 Å². The number of nitrogens with two attached hydrogens (primary N) is 2. The van der Waals surface area contributed by atoms with Crippen LogP contribution in [0.4, 0.5) is 31.5 Å². The van der Waals surface area contributed by atoms with E-state index in [0.29, 0.717) is 54.6 Å². The van der Waals surface area contributed by atoms with E-state index in [9.17, 15) is 13.6 Å². The molecule has 2 atom stereocenters. The standard InChI is InChI=1S/C25H22FN5O.C14H10N2O2.C11H16FN3/c26-16-5-4-12-31(15-16)17-8-10-22-23(13-17)28-25(27-22)24-20-14-19(9-11-21(20)29-30-24)32-18-6-2-1-3-7-18;17-9-14-12-8-11(6-7-13(12)15-16-14)18-10-4-2-1-3-5-10;12-8-2-1-5-15(7-8)9-3-4-10(13)11(14)6-9/h1-3,6-11,13-14,16H,4-5,12,15H2,(H,27,28)(H,29,30);1-9H,(H,15,16);3-4,6,8H,1-2,5,7,13-14H2. The number of carbonyl (C=O) groups is 1. The lowest BCUT2D eigenvalue weighted by atomic mass is 10.1. The Morgan fingerprint density at radius 3 is 1.83 bits per heavy atom. The van der Waals surface area contributed by atoms with Gasteiger partial charge in [0.2, 0.25) is 0 Å². The number of aldehydes is 1. The molecular formula is C50H48F2N10O3. The van der Waals surface area contributed by atoms with Crippen LogP contribution in [0.3, 0.4) is 0 Å². The second-order valence-corrected chi connectivity index (χ2v) is 16.0. The van der Waals surface area contributed by atoms with Gasteiger partial charge in [-0.1, -0.05) is 36.4 Å². The average Bonchev–Trinajstić information content (AvgIpc) is 4.07. The minimum absolute atomic E-state index is 0.445. The van der Waals surface area contributed by atoms with E-state index in [4.69, 9.17) is 25.9 Å². The summed E-state index contributed by atoms with van der Waals surface area (Å²) in [6, 6.07) is 42.0. The van der Waals surface area contributed by atoms with Gasteiger partial charge in [0.05, 0.1) is 33.4 Å². The third-order valence-corrected chi connectivity index (χ3v) is 11.4. The number of aromatic amines is 3. The molecule has 2 aliphatic heterocycles. The zero-order valence-electron chi connectivity index (χ0n) is 35.5. The smallest absolute Gasteiger partial charge is 0.168 e. The van der Waals surface area contributed by atoms with E-state index >= 15 is 0 Å². The fraction of sp³-hybridized carbons (Fsp3) is 0.200. The Hall–Kier alpha value is -7.94. The van der Waals surface area contributed by atoms with Crippen LogP contribution in [0.25, 0.3) is 44.4 Å². The second-order valence-electron chi connectivity index (χ2n) is 16.0. The fourth-order valence-electron chi connectivity index (χ4n) is 8.03. The van der Waals surface area contributed by atoms with Crippen molar-refractivity contribution in [1.29, 1.82) is 0 Å². The van der Waals surface area contributed by atoms with Crippen LogP contribution in [0, 0.1) is 0 Å². The van der Waals surface area contributed by atoms with Crippen LogP contribution in [0.1, 0.15) is 36.2 Å². The Balaban J connectivity index is 0.000000136. The molecule has 5 heterocycles. The van der Waals surface area contributed by atoms with Crippen molar-refractivity contribution in [3.05, 3.63) is 139 Å². The molecule has 2 saturated heterocycles. The first-order chi connectivity index (χ1) is 31.8. The fourth-order valence-corrected chi connectivity index (χ4v) is 8.03. The molecule has 6 aromatic carbocycles. The van der Waals surface area contributed by atoms with E-state index in [1.165, 1.54) is 0 Å². The van der Waals surface area contributed by atoms with Gasteiger partial charge in [-0.3, -0.25) is 15.0 Å². The lowest BCUT2D eigenvalue weighted by Crippen LogP contribution is -2.36. The summed E-state index contributed by atoms with van der Waals surface area (Å²) < 4.78 is 38.7. The number of imidazole rings is 1. The van der Waals surface area contributed by atoms with Crippen LogP contribution < -0.4 is 30.7 Å². The minimum Gasteiger partial charge on any atom is -0.457 e. The highest BCUT2D eigenvalue weighted by atomic mass is 19.1. The van der Waals surface area contributed by atoms with Gasteiger partial charge >= 0.3 is 0 Å². The summed E-state index contributed by atoms with van der Waals surface area (Å²) in [5, 5.41) is 16.0. The Morgan fingerprint density at radius 1 is 0.600 bits per heavy atom. The number of rotatable bonds is 8. The molecule has 0 radical (unpaired) electrons. The molecule has 3 aromatic heterocycles.